The quantitative estimate of drug-likeness (QED) is 0.748. The van der Waals surface area contributed by atoms with Crippen molar-refractivity contribution in [1.82, 2.24) is 20.0 Å². The molecule has 0 bridgehead atoms. The summed E-state index contributed by atoms with van der Waals surface area (Å²) < 4.78 is 1.65. The number of anilines is 1. The lowest BCUT2D eigenvalue weighted by Gasteiger charge is -2.05. The molecule has 3 aromatic rings. The minimum absolute atomic E-state index is 0.523. The van der Waals surface area contributed by atoms with Crippen molar-refractivity contribution in [3.8, 4) is 16.9 Å². The number of aromatic nitrogens is 4. The molecule has 0 aliphatic heterocycles. The zero-order valence-electron chi connectivity index (χ0n) is 10.9. The highest BCUT2D eigenvalue weighted by Gasteiger charge is 2.12. The molecule has 0 radical (unpaired) electrons. The van der Waals surface area contributed by atoms with Crippen LogP contribution in [-0.2, 0) is 0 Å². The molecular formula is C14H13N5S. The predicted octanol–water partition coefficient (Wildman–Crippen LogP) is 2.63. The van der Waals surface area contributed by atoms with Crippen LogP contribution in [0.15, 0.2) is 53.7 Å². The first kappa shape index (κ1) is 12.7. The topological polar surface area (TPSA) is 69.6 Å². The Morgan fingerprint density at radius 3 is 2.70 bits per heavy atom. The lowest BCUT2D eigenvalue weighted by molar-refractivity contribution is 0.808. The van der Waals surface area contributed by atoms with Crippen LogP contribution in [0, 0.1) is 0 Å². The van der Waals surface area contributed by atoms with Gasteiger partial charge in [-0.2, -0.15) is 4.68 Å². The Bertz CT molecular complexity index is 723. The summed E-state index contributed by atoms with van der Waals surface area (Å²) in [6, 6.07) is 11.7. The van der Waals surface area contributed by atoms with Gasteiger partial charge in [-0.15, -0.1) is 16.9 Å². The van der Waals surface area contributed by atoms with E-state index in [9.17, 15) is 0 Å². The summed E-state index contributed by atoms with van der Waals surface area (Å²) in [5.41, 5.74) is 8.65. The Morgan fingerprint density at radius 2 is 1.95 bits per heavy atom. The summed E-state index contributed by atoms with van der Waals surface area (Å²) in [5.74, 6) is 0.523. The van der Waals surface area contributed by atoms with Crippen LogP contribution in [-0.4, -0.2) is 26.2 Å². The van der Waals surface area contributed by atoms with E-state index in [-0.39, 0.29) is 0 Å². The lowest BCUT2D eigenvalue weighted by atomic mass is 10.2. The highest BCUT2D eigenvalue weighted by atomic mass is 32.2. The molecule has 0 aliphatic carbocycles. The zero-order valence-corrected chi connectivity index (χ0v) is 11.7. The summed E-state index contributed by atoms with van der Waals surface area (Å²) in [6.45, 7) is 0. The van der Waals surface area contributed by atoms with Gasteiger partial charge in [0.05, 0.1) is 5.69 Å². The fraction of sp³-hybridized carbons (Fsp3) is 0.0714. The van der Waals surface area contributed by atoms with E-state index in [1.54, 1.807) is 28.8 Å². The van der Waals surface area contributed by atoms with Crippen LogP contribution in [0.5, 0.6) is 0 Å². The Hall–Kier alpha value is -2.34. The maximum Gasteiger partial charge on any atom is 0.155 e. The molecule has 2 aromatic heterocycles. The lowest BCUT2D eigenvalue weighted by Crippen LogP contribution is -2.02. The van der Waals surface area contributed by atoms with Gasteiger partial charge >= 0.3 is 0 Å². The standard InChI is InChI=1S/C14H13N5S/c1-20-12-4-2-3-11(9-12)19-14(15)13(17-18-19)10-5-7-16-8-6-10/h2-9H,15H2,1H3. The molecule has 0 amide bonds. The van der Waals surface area contributed by atoms with Crippen molar-refractivity contribution < 1.29 is 0 Å². The van der Waals surface area contributed by atoms with Gasteiger partial charge in [0.25, 0.3) is 0 Å². The summed E-state index contributed by atoms with van der Waals surface area (Å²) in [7, 11) is 0. The molecule has 6 heteroatoms. The smallest absolute Gasteiger partial charge is 0.155 e. The Morgan fingerprint density at radius 1 is 1.15 bits per heavy atom. The minimum atomic E-state index is 0.523. The normalized spacial score (nSPS) is 10.7. The third kappa shape index (κ3) is 2.25. The van der Waals surface area contributed by atoms with Gasteiger partial charge < -0.3 is 5.73 Å². The van der Waals surface area contributed by atoms with Crippen molar-refractivity contribution in [2.24, 2.45) is 0 Å². The molecule has 0 spiro atoms. The fourth-order valence-electron chi connectivity index (χ4n) is 1.94. The van der Waals surface area contributed by atoms with Crippen molar-refractivity contribution in [3.63, 3.8) is 0 Å². The minimum Gasteiger partial charge on any atom is -0.382 e. The molecule has 2 heterocycles. The number of thioether (sulfide) groups is 1. The van der Waals surface area contributed by atoms with Gasteiger partial charge in [0.2, 0.25) is 0 Å². The molecule has 2 N–H and O–H groups in total. The number of benzene rings is 1. The second-order valence-corrected chi connectivity index (χ2v) is 5.05. The first-order chi connectivity index (χ1) is 9.79. The number of nitrogens with two attached hydrogens (primary N) is 1. The number of hydrogen-bond donors (Lipinski definition) is 1. The average Bonchev–Trinajstić information content (AvgIpc) is 2.90. The number of hydrogen-bond acceptors (Lipinski definition) is 5. The van der Waals surface area contributed by atoms with E-state index in [1.807, 2.05) is 42.7 Å². The number of nitrogens with zero attached hydrogens (tertiary/aromatic N) is 4. The van der Waals surface area contributed by atoms with E-state index in [2.05, 4.69) is 15.3 Å². The van der Waals surface area contributed by atoms with Crippen LogP contribution >= 0.6 is 11.8 Å². The molecule has 0 saturated heterocycles. The van der Waals surface area contributed by atoms with Crippen LogP contribution in [0.2, 0.25) is 0 Å². The van der Waals surface area contributed by atoms with Gasteiger partial charge in [-0.25, -0.2) is 0 Å². The number of rotatable bonds is 3. The van der Waals surface area contributed by atoms with Gasteiger partial charge in [-0.05, 0) is 36.6 Å². The number of nitrogen functional groups attached to an aromatic ring is 1. The Kier molecular flexibility index (Phi) is 3.39. The summed E-state index contributed by atoms with van der Waals surface area (Å²) in [5, 5.41) is 8.32. The van der Waals surface area contributed by atoms with Gasteiger partial charge in [0, 0.05) is 22.9 Å². The molecular weight excluding hydrogens is 270 g/mol. The number of pyridine rings is 1. The van der Waals surface area contributed by atoms with E-state index < -0.39 is 0 Å². The fourth-order valence-corrected chi connectivity index (χ4v) is 2.39. The first-order valence-electron chi connectivity index (χ1n) is 6.05. The van der Waals surface area contributed by atoms with Crippen molar-refractivity contribution >= 4 is 17.6 Å². The average molecular weight is 283 g/mol. The molecule has 100 valence electrons. The summed E-state index contributed by atoms with van der Waals surface area (Å²) in [4.78, 5) is 5.15. The second-order valence-electron chi connectivity index (χ2n) is 4.17. The van der Waals surface area contributed by atoms with E-state index in [0.29, 0.717) is 11.5 Å². The van der Waals surface area contributed by atoms with Crippen LogP contribution in [0.4, 0.5) is 5.82 Å². The molecule has 1 aromatic carbocycles. The molecule has 0 aliphatic rings. The van der Waals surface area contributed by atoms with E-state index in [1.165, 1.54) is 0 Å². The molecule has 0 atom stereocenters. The van der Waals surface area contributed by atoms with Gasteiger partial charge in [-0.1, -0.05) is 11.3 Å². The third-order valence-electron chi connectivity index (χ3n) is 2.96. The molecule has 0 fully saturated rings. The van der Waals surface area contributed by atoms with Gasteiger partial charge in [-0.3, -0.25) is 4.98 Å². The van der Waals surface area contributed by atoms with Crippen molar-refractivity contribution in [2.75, 3.05) is 12.0 Å². The highest BCUT2D eigenvalue weighted by molar-refractivity contribution is 7.98. The van der Waals surface area contributed by atoms with Crippen molar-refractivity contribution in [2.45, 2.75) is 4.90 Å². The molecule has 0 saturated carbocycles. The van der Waals surface area contributed by atoms with Crippen LogP contribution < -0.4 is 5.73 Å². The second kappa shape index (κ2) is 5.34. The molecule has 0 unspecified atom stereocenters. The van der Waals surface area contributed by atoms with Crippen LogP contribution in [0.1, 0.15) is 0 Å². The molecule has 20 heavy (non-hydrogen) atoms. The Balaban J connectivity index is 2.06. The molecule has 3 rings (SSSR count). The van der Waals surface area contributed by atoms with E-state index in [0.717, 1.165) is 16.1 Å². The SMILES string of the molecule is CSc1cccc(-n2nnc(-c3ccncc3)c2N)c1. The zero-order chi connectivity index (χ0) is 13.9. The highest BCUT2D eigenvalue weighted by Crippen LogP contribution is 2.26. The molecule has 5 nitrogen and oxygen atoms in total. The van der Waals surface area contributed by atoms with E-state index >= 15 is 0 Å². The maximum absolute atomic E-state index is 6.17. The van der Waals surface area contributed by atoms with Crippen LogP contribution in [0.3, 0.4) is 0 Å². The van der Waals surface area contributed by atoms with E-state index in [4.69, 9.17) is 5.73 Å². The third-order valence-corrected chi connectivity index (χ3v) is 3.68. The first-order valence-corrected chi connectivity index (χ1v) is 7.28. The Labute approximate surface area is 120 Å². The summed E-state index contributed by atoms with van der Waals surface area (Å²) >= 11 is 1.68. The maximum atomic E-state index is 6.17. The monoisotopic (exact) mass is 283 g/mol. The largest absolute Gasteiger partial charge is 0.382 e. The van der Waals surface area contributed by atoms with Gasteiger partial charge in [0.15, 0.2) is 5.82 Å². The van der Waals surface area contributed by atoms with Crippen molar-refractivity contribution in [1.29, 1.82) is 0 Å². The van der Waals surface area contributed by atoms with Gasteiger partial charge in [0.1, 0.15) is 5.69 Å². The summed E-state index contributed by atoms with van der Waals surface area (Å²) in [6.07, 6.45) is 5.45. The predicted molar refractivity (Wildman–Crippen MR) is 80.8 cm³/mol. The van der Waals surface area contributed by atoms with Crippen molar-refractivity contribution in [3.05, 3.63) is 48.8 Å². The van der Waals surface area contributed by atoms with Crippen LogP contribution in [0.25, 0.3) is 16.9 Å².